The Bertz CT molecular complexity index is 385. The number of benzene rings is 1. The zero-order valence-corrected chi connectivity index (χ0v) is 9.21. The highest BCUT2D eigenvalue weighted by molar-refractivity contribution is 5.60. The third-order valence-corrected chi connectivity index (χ3v) is 3.13. The van der Waals surface area contributed by atoms with Crippen molar-refractivity contribution < 1.29 is 0 Å². The lowest BCUT2D eigenvalue weighted by Crippen LogP contribution is -2.16. The number of fused-ring (bicyclic) bond motifs is 1. The quantitative estimate of drug-likeness (QED) is 0.710. The molecule has 1 N–H and O–H groups in total. The third-order valence-electron chi connectivity index (χ3n) is 3.13. The molecular weight excluding hydrogens is 188 g/mol. The highest BCUT2D eigenvalue weighted by atomic mass is 16.3. The summed E-state index contributed by atoms with van der Waals surface area (Å²) in [5.74, 6) is 0. The van der Waals surface area contributed by atoms with Gasteiger partial charge in [-0.15, -0.1) is 4.91 Å². The first-order valence-electron chi connectivity index (χ1n) is 5.35. The lowest BCUT2D eigenvalue weighted by Gasteiger charge is -2.24. The monoisotopic (exact) mass is 204 g/mol. The molecule has 1 aromatic rings. The maximum atomic E-state index is 10.5. The van der Waals surface area contributed by atoms with Crippen LogP contribution in [0.3, 0.4) is 0 Å². The number of rotatable bonds is 1. The van der Waals surface area contributed by atoms with Crippen LogP contribution in [0.1, 0.15) is 32.3 Å². The van der Waals surface area contributed by atoms with Crippen LogP contribution in [0.4, 0.5) is 11.4 Å². The van der Waals surface area contributed by atoms with Crippen LogP contribution in [0.5, 0.6) is 0 Å². The molecule has 1 aromatic carbocycles. The lowest BCUT2D eigenvalue weighted by atomic mass is 9.80. The molecule has 0 saturated carbocycles. The Kier molecular flexibility index (Phi) is 2.47. The van der Waals surface area contributed by atoms with Crippen molar-refractivity contribution in [3.05, 3.63) is 28.7 Å². The van der Waals surface area contributed by atoms with Gasteiger partial charge >= 0.3 is 0 Å². The highest BCUT2D eigenvalue weighted by Gasteiger charge is 2.25. The van der Waals surface area contributed by atoms with E-state index in [1.165, 1.54) is 5.56 Å². The molecule has 15 heavy (non-hydrogen) atoms. The molecule has 0 unspecified atom stereocenters. The Hall–Kier alpha value is -1.38. The van der Waals surface area contributed by atoms with Crippen molar-refractivity contribution in [3.8, 4) is 0 Å². The van der Waals surface area contributed by atoms with E-state index in [4.69, 9.17) is 0 Å². The van der Waals surface area contributed by atoms with Gasteiger partial charge in [0.25, 0.3) is 0 Å². The normalized spacial score (nSPS) is 18.5. The van der Waals surface area contributed by atoms with Crippen LogP contribution >= 0.6 is 0 Å². The molecule has 0 radical (unpaired) electrons. The molecule has 3 heteroatoms. The van der Waals surface area contributed by atoms with Crippen LogP contribution < -0.4 is 5.32 Å². The molecule has 80 valence electrons. The summed E-state index contributed by atoms with van der Waals surface area (Å²) in [5, 5.41) is 6.39. The predicted octanol–water partition coefficient (Wildman–Crippen LogP) is 3.57. The second kappa shape index (κ2) is 3.65. The minimum Gasteiger partial charge on any atom is -0.385 e. The van der Waals surface area contributed by atoms with Gasteiger partial charge in [0, 0.05) is 12.2 Å². The number of nitrogens with zero attached hydrogens (tertiary/aromatic N) is 1. The Labute approximate surface area is 89.9 Å². The minimum absolute atomic E-state index is 0.125. The third kappa shape index (κ3) is 1.87. The van der Waals surface area contributed by atoms with Gasteiger partial charge in [0.1, 0.15) is 5.69 Å². The van der Waals surface area contributed by atoms with Crippen molar-refractivity contribution in [1.82, 2.24) is 0 Å². The van der Waals surface area contributed by atoms with E-state index < -0.39 is 0 Å². The summed E-state index contributed by atoms with van der Waals surface area (Å²) in [4.78, 5) is 10.5. The van der Waals surface area contributed by atoms with Crippen LogP contribution in [-0.2, 0) is 5.41 Å². The van der Waals surface area contributed by atoms with Crippen molar-refractivity contribution in [2.24, 2.45) is 5.18 Å². The molecule has 0 bridgehead atoms. The second-order valence-corrected chi connectivity index (χ2v) is 4.74. The first kappa shape index (κ1) is 10.1. The van der Waals surface area contributed by atoms with Crippen molar-refractivity contribution in [3.63, 3.8) is 0 Å². The fourth-order valence-electron chi connectivity index (χ4n) is 2.19. The number of nitroso groups, excluding NO2 is 1. The maximum absolute atomic E-state index is 10.5. The molecule has 0 spiro atoms. The SMILES string of the molecule is CC1(C)CCCNc2ccc(N=O)cc21. The molecular formula is C12H16N2O. The first-order chi connectivity index (χ1) is 7.13. The van der Waals surface area contributed by atoms with Crippen molar-refractivity contribution >= 4 is 11.4 Å². The Morgan fingerprint density at radius 3 is 2.93 bits per heavy atom. The molecule has 0 aromatic heterocycles. The average Bonchev–Trinajstić information content (AvgIpc) is 2.37. The van der Waals surface area contributed by atoms with Gasteiger partial charge in [-0.1, -0.05) is 13.8 Å². The second-order valence-electron chi connectivity index (χ2n) is 4.74. The van der Waals surface area contributed by atoms with Gasteiger partial charge in [-0.25, -0.2) is 0 Å². The standard InChI is InChI=1S/C12H16N2O/c1-12(2)6-3-7-13-11-5-4-9(14-15)8-10(11)12/h4-5,8,13H,3,6-7H2,1-2H3. The Balaban J connectivity index is 2.53. The van der Waals surface area contributed by atoms with E-state index in [1.54, 1.807) is 6.07 Å². The van der Waals surface area contributed by atoms with E-state index in [0.29, 0.717) is 5.69 Å². The molecule has 0 saturated heterocycles. The summed E-state index contributed by atoms with van der Waals surface area (Å²) in [6.07, 6.45) is 2.29. The maximum Gasteiger partial charge on any atom is 0.108 e. The summed E-state index contributed by atoms with van der Waals surface area (Å²) < 4.78 is 0. The zero-order chi connectivity index (χ0) is 10.9. The molecule has 0 fully saturated rings. The molecule has 3 nitrogen and oxygen atoms in total. The number of hydrogen-bond donors (Lipinski definition) is 1. The summed E-state index contributed by atoms with van der Waals surface area (Å²) >= 11 is 0. The van der Waals surface area contributed by atoms with Gasteiger partial charge in [0.15, 0.2) is 0 Å². The molecule has 0 atom stereocenters. The fourth-order valence-corrected chi connectivity index (χ4v) is 2.19. The topological polar surface area (TPSA) is 41.5 Å². The van der Waals surface area contributed by atoms with Gasteiger partial charge in [0.05, 0.1) is 0 Å². The van der Waals surface area contributed by atoms with Crippen LogP contribution in [0.25, 0.3) is 0 Å². The van der Waals surface area contributed by atoms with E-state index >= 15 is 0 Å². The predicted molar refractivity (Wildman–Crippen MR) is 62.6 cm³/mol. The molecule has 1 aliphatic heterocycles. The summed E-state index contributed by atoms with van der Waals surface area (Å²) in [6.45, 7) is 5.44. The Morgan fingerprint density at radius 2 is 2.20 bits per heavy atom. The largest absolute Gasteiger partial charge is 0.385 e. The van der Waals surface area contributed by atoms with E-state index in [1.807, 2.05) is 12.1 Å². The van der Waals surface area contributed by atoms with Crippen molar-refractivity contribution in [1.29, 1.82) is 0 Å². The number of nitrogens with one attached hydrogen (secondary N) is 1. The number of anilines is 1. The van der Waals surface area contributed by atoms with Crippen LogP contribution in [-0.4, -0.2) is 6.54 Å². The Morgan fingerprint density at radius 1 is 1.40 bits per heavy atom. The lowest BCUT2D eigenvalue weighted by molar-refractivity contribution is 0.478. The van der Waals surface area contributed by atoms with E-state index in [-0.39, 0.29) is 5.41 Å². The van der Waals surface area contributed by atoms with Crippen LogP contribution in [0.15, 0.2) is 23.4 Å². The fraction of sp³-hybridized carbons (Fsp3) is 0.500. The molecule has 0 amide bonds. The van der Waals surface area contributed by atoms with Gasteiger partial charge in [-0.2, -0.15) is 0 Å². The minimum atomic E-state index is 0.125. The summed E-state index contributed by atoms with van der Waals surface area (Å²) in [5.41, 5.74) is 2.99. The van der Waals surface area contributed by atoms with E-state index in [2.05, 4.69) is 24.3 Å². The molecule has 0 aliphatic carbocycles. The molecule has 1 heterocycles. The van der Waals surface area contributed by atoms with Crippen molar-refractivity contribution in [2.75, 3.05) is 11.9 Å². The van der Waals surface area contributed by atoms with Crippen LogP contribution in [0, 0.1) is 4.91 Å². The smallest absolute Gasteiger partial charge is 0.108 e. The van der Waals surface area contributed by atoms with E-state index in [0.717, 1.165) is 25.1 Å². The van der Waals surface area contributed by atoms with Crippen molar-refractivity contribution in [2.45, 2.75) is 32.1 Å². The first-order valence-corrected chi connectivity index (χ1v) is 5.35. The molecule has 1 aliphatic rings. The van der Waals surface area contributed by atoms with Crippen LogP contribution in [0.2, 0.25) is 0 Å². The molecule has 2 rings (SSSR count). The van der Waals surface area contributed by atoms with Gasteiger partial charge in [0.2, 0.25) is 0 Å². The summed E-state index contributed by atoms with van der Waals surface area (Å²) in [7, 11) is 0. The summed E-state index contributed by atoms with van der Waals surface area (Å²) in [6, 6.07) is 5.63. The van der Waals surface area contributed by atoms with Gasteiger partial charge in [-0.3, -0.25) is 0 Å². The van der Waals surface area contributed by atoms with E-state index in [9.17, 15) is 4.91 Å². The zero-order valence-electron chi connectivity index (χ0n) is 9.21. The highest BCUT2D eigenvalue weighted by Crippen LogP contribution is 2.38. The van der Waals surface area contributed by atoms with Gasteiger partial charge < -0.3 is 5.32 Å². The van der Waals surface area contributed by atoms with Gasteiger partial charge in [-0.05, 0) is 47.2 Å². The number of hydrogen-bond acceptors (Lipinski definition) is 3. The average molecular weight is 204 g/mol.